The van der Waals surface area contributed by atoms with E-state index in [0.29, 0.717) is 5.56 Å². The Morgan fingerprint density at radius 3 is 2.67 bits per heavy atom. The Morgan fingerprint density at radius 2 is 2.22 bits per heavy atom. The number of aromatic nitrogens is 1. The maximum Gasteiger partial charge on any atom is 0.354 e. The summed E-state index contributed by atoms with van der Waals surface area (Å²) >= 11 is 0. The lowest BCUT2D eigenvalue weighted by Crippen LogP contribution is -2.34. The first-order valence-electron chi connectivity index (χ1n) is 5.30. The summed E-state index contributed by atoms with van der Waals surface area (Å²) in [4.78, 5) is 27.7. The molecule has 1 amide bonds. The SMILES string of the molecule is CC(CC#N)N(C)C(=O)c1ccc(C(=O)O)nc1. The van der Waals surface area contributed by atoms with Crippen LogP contribution in [0.15, 0.2) is 18.3 Å². The molecule has 1 rings (SSSR count). The lowest BCUT2D eigenvalue weighted by molar-refractivity contribution is 0.0686. The van der Waals surface area contributed by atoms with Gasteiger partial charge < -0.3 is 10.0 Å². The number of carbonyl (C=O) groups is 2. The number of carboxylic acids is 1. The van der Waals surface area contributed by atoms with Gasteiger partial charge in [0.1, 0.15) is 5.69 Å². The van der Waals surface area contributed by atoms with Crippen molar-refractivity contribution in [2.45, 2.75) is 19.4 Å². The Hall–Kier alpha value is -2.42. The summed E-state index contributed by atoms with van der Waals surface area (Å²) in [7, 11) is 1.59. The van der Waals surface area contributed by atoms with Crippen LogP contribution in [0.2, 0.25) is 0 Å². The Balaban J connectivity index is 2.84. The number of amides is 1. The number of nitrogens with zero attached hydrogens (tertiary/aromatic N) is 3. The van der Waals surface area contributed by atoms with Crippen molar-refractivity contribution in [2.75, 3.05) is 7.05 Å². The first-order valence-corrected chi connectivity index (χ1v) is 5.30. The van der Waals surface area contributed by atoms with Crippen molar-refractivity contribution in [1.82, 2.24) is 9.88 Å². The standard InChI is InChI=1S/C12H13N3O3/c1-8(5-6-13)15(2)11(16)9-3-4-10(12(17)18)14-7-9/h3-4,7-8H,5H2,1-2H3,(H,17,18). The minimum absolute atomic E-state index is 0.112. The maximum absolute atomic E-state index is 12.0. The van der Waals surface area contributed by atoms with Crippen molar-refractivity contribution in [3.05, 3.63) is 29.6 Å². The molecular weight excluding hydrogens is 234 g/mol. The van der Waals surface area contributed by atoms with Crippen molar-refractivity contribution in [1.29, 1.82) is 5.26 Å². The maximum atomic E-state index is 12.0. The predicted molar refractivity (Wildman–Crippen MR) is 63.0 cm³/mol. The summed E-state index contributed by atoms with van der Waals surface area (Å²) in [6.07, 6.45) is 1.46. The first-order chi connectivity index (χ1) is 8.47. The van der Waals surface area contributed by atoms with E-state index in [1.165, 1.54) is 23.2 Å². The van der Waals surface area contributed by atoms with Crippen LogP contribution >= 0.6 is 0 Å². The average Bonchev–Trinajstić information content (AvgIpc) is 2.37. The van der Waals surface area contributed by atoms with Gasteiger partial charge in [-0.05, 0) is 19.1 Å². The van der Waals surface area contributed by atoms with Gasteiger partial charge in [0.2, 0.25) is 0 Å². The van der Waals surface area contributed by atoms with Crippen LogP contribution in [0.5, 0.6) is 0 Å². The quantitative estimate of drug-likeness (QED) is 0.861. The normalized spacial score (nSPS) is 11.4. The molecule has 1 atom stereocenters. The third kappa shape index (κ3) is 3.04. The molecule has 0 fully saturated rings. The molecule has 1 unspecified atom stereocenters. The fourth-order valence-corrected chi connectivity index (χ4v) is 1.32. The number of carbonyl (C=O) groups excluding carboxylic acids is 1. The van der Waals surface area contributed by atoms with E-state index in [4.69, 9.17) is 10.4 Å². The molecule has 0 aliphatic rings. The fraction of sp³-hybridized carbons (Fsp3) is 0.333. The van der Waals surface area contributed by atoms with Crippen LogP contribution in [0, 0.1) is 11.3 Å². The molecule has 0 bridgehead atoms. The van der Waals surface area contributed by atoms with Gasteiger partial charge >= 0.3 is 5.97 Å². The molecule has 1 aromatic rings. The van der Waals surface area contributed by atoms with Crippen LogP contribution in [0.3, 0.4) is 0 Å². The Labute approximate surface area is 104 Å². The van der Waals surface area contributed by atoms with E-state index in [9.17, 15) is 9.59 Å². The van der Waals surface area contributed by atoms with Crippen molar-refractivity contribution < 1.29 is 14.7 Å². The lowest BCUT2D eigenvalue weighted by Gasteiger charge is -2.22. The van der Waals surface area contributed by atoms with E-state index in [1.807, 2.05) is 6.07 Å². The van der Waals surface area contributed by atoms with Gasteiger partial charge in [0.05, 0.1) is 18.1 Å². The second kappa shape index (κ2) is 5.77. The molecule has 6 heteroatoms. The van der Waals surface area contributed by atoms with E-state index in [1.54, 1.807) is 14.0 Å². The Bertz CT molecular complexity index is 490. The van der Waals surface area contributed by atoms with E-state index in [0.717, 1.165) is 0 Å². The van der Waals surface area contributed by atoms with Crippen LogP contribution < -0.4 is 0 Å². The van der Waals surface area contributed by atoms with Gasteiger partial charge in [-0.3, -0.25) is 4.79 Å². The summed E-state index contributed by atoms with van der Waals surface area (Å²) < 4.78 is 0. The highest BCUT2D eigenvalue weighted by Gasteiger charge is 2.18. The number of nitriles is 1. The zero-order valence-electron chi connectivity index (χ0n) is 10.1. The van der Waals surface area contributed by atoms with E-state index in [-0.39, 0.29) is 24.1 Å². The minimum Gasteiger partial charge on any atom is -0.477 e. The molecule has 0 radical (unpaired) electrons. The molecule has 1 N–H and O–H groups in total. The molecule has 1 heterocycles. The lowest BCUT2D eigenvalue weighted by atomic mass is 10.2. The van der Waals surface area contributed by atoms with Crippen molar-refractivity contribution in [3.8, 4) is 6.07 Å². The number of hydrogen-bond donors (Lipinski definition) is 1. The van der Waals surface area contributed by atoms with Gasteiger partial charge in [-0.1, -0.05) is 0 Å². The molecule has 0 aromatic carbocycles. The van der Waals surface area contributed by atoms with Gasteiger partial charge in [-0.15, -0.1) is 0 Å². The molecule has 0 saturated heterocycles. The number of pyridine rings is 1. The molecule has 0 saturated carbocycles. The van der Waals surface area contributed by atoms with Crippen LogP contribution in [0.1, 0.15) is 34.2 Å². The van der Waals surface area contributed by atoms with Crippen molar-refractivity contribution in [2.24, 2.45) is 0 Å². The average molecular weight is 247 g/mol. The summed E-state index contributed by atoms with van der Waals surface area (Å²) in [5.41, 5.74) is 0.187. The summed E-state index contributed by atoms with van der Waals surface area (Å²) in [6.45, 7) is 1.76. The van der Waals surface area contributed by atoms with E-state index < -0.39 is 5.97 Å². The number of hydrogen-bond acceptors (Lipinski definition) is 4. The molecule has 6 nitrogen and oxygen atoms in total. The fourth-order valence-electron chi connectivity index (χ4n) is 1.32. The van der Waals surface area contributed by atoms with Gasteiger partial charge in [-0.25, -0.2) is 9.78 Å². The van der Waals surface area contributed by atoms with Crippen LogP contribution in [0.4, 0.5) is 0 Å². The zero-order valence-corrected chi connectivity index (χ0v) is 10.1. The molecule has 0 aliphatic heterocycles. The Kier molecular flexibility index (Phi) is 4.38. The highest BCUT2D eigenvalue weighted by atomic mass is 16.4. The highest BCUT2D eigenvalue weighted by Crippen LogP contribution is 2.08. The van der Waals surface area contributed by atoms with Crippen LogP contribution in [0.25, 0.3) is 0 Å². The topological polar surface area (TPSA) is 94.3 Å². The second-order valence-corrected chi connectivity index (χ2v) is 3.86. The van der Waals surface area contributed by atoms with Crippen molar-refractivity contribution in [3.63, 3.8) is 0 Å². The predicted octanol–water partition coefficient (Wildman–Crippen LogP) is 1.15. The third-order valence-corrected chi connectivity index (χ3v) is 2.60. The summed E-state index contributed by atoms with van der Waals surface area (Å²) in [6, 6.07) is 4.47. The molecule has 18 heavy (non-hydrogen) atoms. The van der Waals surface area contributed by atoms with Crippen LogP contribution in [-0.2, 0) is 0 Å². The minimum atomic E-state index is -1.14. The van der Waals surface area contributed by atoms with Crippen LogP contribution in [-0.4, -0.2) is 40.0 Å². The first kappa shape index (κ1) is 13.6. The van der Waals surface area contributed by atoms with Gasteiger partial charge in [0.15, 0.2) is 0 Å². The highest BCUT2D eigenvalue weighted by molar-refractivity contribution is 5.94. The molecule has 94 valence electrons. The van der Waals surface area contributed by atoms with Gasteiger partial charge in [-0.2, -0.15) is 5.26 Å². The van der Waals surface area contributed by atoms with E-state index >= 15 is 0 Å². The summed E-state index contributed by atoms with van der Waals surface area (Å²) in [5, 5.41) is 17.3. The molecule has 1 aromatic heterocycles. The number of carboxylic acid groups (broad SMARTS) is 1. The zero-order chi connectivity index (χ0) is 13.7. The van der Waals surface area contributed by atoms with Crippen molar-refractivity contribution >= 4 is 11.9 Å². The molecule has 0 aliphatic carbocycles. The summed E-state index contributed by atoms with van der Waals surface area (Å²) in [5.74, 6) is -1.43. The molecule has 0 spiro atoms. The monoisotopic (exact) mass is 247 g/mol. The Morgan fingerprint density at radius 1 is 1.56 bits per heavy atom. The second-order valence-electron chi connectivity index (χ2n) is 3.86. The number of aromatic carboxylic acids is 1. The number of rotatable bonds is 4. The van der Waals surface area contributed by atoms with Gasteiger partial charge in [0, 0.05) is 19.3 Å². The third-order valence-electron chi connectivity index (χ3n) is 2.60. The van der Waals surface area contributed by atoms with Gasteiger partial charge in [0.25, 0.3) is 5.91 Å². The smallest absolute Gasteiger partial charge is 0.354 e. The van der Waals surface area contributed by atoms with E-state index in [2.05, 4.69) is 4.98 Å². The molecular formula is C12H13N3O3. The largest absolute Gasteiger partial charge is 0.477 e.